The minimum Gasteiger partial charge on any atom is -0.316 e. The van der Waals surface area contributed by atoms with Crippen LogP contribution in [-0.4, -0.2) is 26.0 Å². The molecule has 98 valence electrons. The second-order valence-electron chi connectivity index (χ2n) is 5.43. The molecule has 0 bridgehead atoms. The first-order chi connectivity index (χ1) is 8.50. The molecule has 0 unspecified atom stereocenters. The molecule has 0 aromatic heterocycles. The number of carbonyl (C=O) groups excluding carboxylic acids is 1. The van der Waals surface area contributed by atoms with Gasteiger partial charge in [0.2, 0.25) is 5.91 Å². The predicted octanol–water partition coefficient (Wildman–Crippen LogP) is 2.12. The molecule has 18 heavy (non-hydrogen) atoms. The van der Waals surface area contributed by atoms with Gasteiger partial charge in [0.15, 0.2) is 0 Å². The van der Waals surface area contributed by atoms with Gasteiger partial charge in [-0.25, -0.2) is 0 Å². The zero-order chi connectivity index (χ0) is 13.3. The molecule has 3 nitrogen and oxygen atoms in total. The van der Waals surface area contributed by atoms with Gasteiger partial charge in [0.25, 0.3) is 0 Å². The predicted molar refractivity (Wildman–Crippen MR) is 74.8 cm³/mol. The first-order valence-electron chi connectivity index (χ1n) is 6.56. The van der Waals surface area contributed by atoms with Gasteiger partial charge in [-0.1, -0.05) is 24.6 Å². The molecular formula is C15H22N2O. The molecule has 1 fully saturated rings. The molecule has 3 heteroatoms. The van der Waals surface area contributed by atoms with Gasteiger partial charge < -0.3 is 10.2 Å². The van der Waals surface area contributed by atoms with Gasteiger partial charge in [-0.2, -0.15) is 0 Å². The maximum Gasteiger partial charge on any atom is 0.231 e. The van der Waals surface area contributed by atoms with Crippen LogP contribution >= 0.6 is 0 Å². The fourth-order valence-corrected chi connectivity index (χ4v) is 2.69. The second-order valence-corrected chi connectivity index (χ2v) is 5.43. The monoisotopic (exact) mass is 246 g/mol. The Morgan fingerprint density at radius 2 is 2.06 bits per heavy atom. The fourth-order valence-electron chi connectivity index (χ4n) is 2.69. The Hall–Kier alpha value is -1.35. The largest absolute Gasteiger partial charge is 0.316 e. The van der Waals surface area contributed by atoms with Gasteiger partial charge >= 0.3 is 0 Å². The number of nitrogens with zero attached hydrogens (tertiary/aromatic N) is 1. The van der Waals surface area contributed by atoms with Crippen molar-refractivity contribution in [3.8, 4) is 0 Å². The maximum absolute atomic E-state index is 12.5. The topological polar surface area (TPSA) is 32.3 Å². The van der Waals surface area contributed by atoms with E-state index in [1.54, 1.807) is 0 Å². The third-order valence-electron chi connectivity index (χ3n) is 3.88. The van der Waals surface area contributed by atoms with Crippen molar-refractivity contribution in [1.82, 2.24) is 5.32 Å². The summed E-state index contributed by atoms with van der Waals surface area (Å²) in [6, 6.07) is 6.22. The standard InChI is InChI=1S/C15H22N2O/c1-10-5-6-14(11(2)7-10)17(4)15(18)13-9-16-8-12(13)3/h5-7,12-13,16H,8-9H2,1-4H3/t12-,13-/m1/s1. The number of hydrogen-bond donors (Lipinski definition) is 1. The Bertz CT molecular complexity index is 456. The van der Waals surface area contributed by atoms with Gasteiger partial charge in [0.1, 0.15) is 0 Å². The molecule has 1 saturated heterocycles. The minimum absolute atomic E-state index is 0.107. The summed E-state index contributed by atoms with van der Waals surface area (Å²) in [5.74, 6) is 0.751. The molecule has 2 atom stereocenters. The molecule has 1 aliphatic heterocycles. The van der Waals surface area contributed by atoms with Crippen LogP contribution < -0.4 is 10.2 Å². The van der Waals surface area contributed by atoms with Crippen molar-refractivity contribution >= 4 is 11.6 Å². The molecule has 0 radical (unpaired) electrons. The summed E-state index contributed by atoms with van der Waals surface area (Å²) in [7, 11) is 1.88. The van der Waals surface area contributed by atoms with Gasteiger partial charge in [-0.05, 0) is 37.9 Å². The van der Waals surface area contributed by atoms with Crippen molar-refractivity contribution in [2.24, 2.45) is 11.8 Å². The lowest BCUT2D eigenvalue weighted by molar-refractivity contribution is -0.122. The highest BCUT2D eigenvalue weighted by Crippen LogP contribution is 2.25. The van der Waals surface area contributed by atoms with Crippen molar-refractivity contribution in [1.29, 1.82) is 0 Å². The van der Waals surface area contributed by atoms with Gasteiger partial charge in [-0.3, -0.25) is 4.79 Å². The smallest absolute Gasteiger partial charge is 0.231 e. The van der Waals surface area contributed by atoms with E-state index in [9.17, 15) is 4.79 Å². The van der Waals surface area contributed by atoms with E-state index in [0.717, 1.165) is 24.3 Å². The zero-order valence-corrected chi connectivity index (χ0v) is 11.7. The molecule has 1 N–H and O–H groups in total. The summed E-state index contributed by atoms with van der Waals surface area (Å²) in [5, 5.41) is 3.29. The number of benzene rings is 1. The van der Waals surface area contributed by atoms with Crippen molar-refractivity contribution in [3.05, 3.63) is 29.3 Å². The molecule has 1 aromatic carbocycles. The molecule has 0 saturated carbocycles. The van der Waals surface area contributed by atoms with E-state index in [4.69, 9.17) is 0 Å². The van der Waals surface area contributed by atoms with Crippen molar-refractivity contribution in [2.75, 3.05) is 25.0 Å². The lowest BCUT2D eigenvalue weighted by atomic mass is 9.96. The number of rotatable bonds is 2. The van der Waals surface area contributed by atoms with Crippen LogP contribution in [0.3, 0.4) is 0 Å². The lowest BCUT2D eigenvalue weighted by Gasteiger charge is -2.24. The third kappa shape index (κ3) is 2.41. The van der Waals surface area contributed by atoms with Gasteiger partial charge in [0.05, 0.1) is 5.92 Å². The van der Waals surface area contributed by atoms with Crippen LogP contribution in [0.15, 0.2) is 18.2 Å². The summed E-state index contributed by atoms with van der Waals surface area (Å²) in [6.45, 7) is 8.01. The molecule has 0 spiro atoms. The van der Waals surface area contributed by atoms with Crippen LogP contribution in [0.4, 0.5) is 5.69 Å². The molecule has 2 rings (SSSR count). The molecule has 0 aliphatic carbocycles. The summed E-state index contributed by atoms with van der Waals surface area (Å²) in [4.78, 5) is 14.3. The molecule has 1 amide bonds. The van der Waals surface area contributed by atoms with Crippen molar-refractivity contribution in [3.63, 3.8) is 0 Å². The Labute approximate surface area is 109 Å². The number of aryl methyl sites for hydroxylation is 2. The Morgan fingerprint density at radius 3 is 2.61 bits per heavy atom. The Kier molecular flexibility index (Phi) is 3.71. The first-order valence-corrected chi connectivity index (χ1v) is 6.56. The summed E-state index contributed by atoms with van der Waals surface area (Å²) in [6.07, 6.45) is 0. The molecule has 1 aromatic rings. The normalized spacial score (nSPS) is 23.1. The second kappa shape index (κ2) is 5.11. The quantitative estimate of drug-likeness (QED) is 0.867. The number of hydrogen-bond acceptors (Lipinski definition) is 2. The first kappa shape index (κ1) is 13.1. The van der Waals surface area contributed by atoms with Crippen LogP contribution in [0.25, 0.3) is 0 Å². The van der Waals surface area contributed by atoms with E-state index in [2.05, 4.69) is 38.2 Å². The van der Waals surface area contributed by atoms with E-state index in [0.29, 0.717) is 5.92 Å². The van der Waals surface area contributed by atoms with Crippen molar-refractivity contribution < 1.29 is 4.79 Å². The summed E-state index contributed by atoms with van der Waals surface area (Å²) < 4.78 is 0. The van der Waals surface area contributed by atoms with Crippen LogP contribution in [0, 0.1) is 25.7 Å². The van der Waals surface area contributed by atoms with Crippen LogP contribution in [-0.2, 0) is 4.79 Å². The molecule has 1 aliphatic rings. The highest BCUT2D eigenvalue weighted by Gasteiger charge is 2.32. The van der Waals surface area contributed by atoms with E-state index >= 15 is 0 Å². The van der Waals surface area contributed by atoms with E-state index < -0.39 is 0 Å². The summed E-state index contributed by atoms with van der Waals surface area (Å²) >= 11 is 0. The number of anilines is 1. The van der Waals surface area contributed by atoms with E-state index in [-0.39, 0.29) is 11.8 Å². The SMILES string of the molecule is Cc1ccc(N(C)C(=O)[C@@H]2CNC[C@H]2C)c(C)c1. The highest BCUT2D eigenvalue weighted by molar-refractivity contribution is 5.95. The zero-order valence-electron chi connectivity index (χ0n) is 11.7. The highest BCUT2D eigenvalue weighted by atomic mass is 16.2. The Morgan fingerprint density at radius 1 is 1.33 bits per heavy atom. The third-order valence-corrected chi connectivity index (χ3v) is 3.88. The van der Waals surface area contributed by atoms with Crippen LogP contribution in [0.2, 0.25) is 0 Å². The van der Waals surface area contributed by atoms with E-state index in [1.807, 2.05) is 18.0 Å². The molecular weight excluding hydrogens is 224 g/mol. The van der Waals surface area contributed by atoms with Crippen LogP contribution in [0.5, 0.6) is 0 Å². The van der Waals surface area contributed by atoms with Crippen LogP contribution in [0.1, 0.15) is 18.1 Å². The summed E-state index contributed by atoms with van der Waals surface area (Å²) in [5.41, 5.74) is 3.40. The van der Waals surface area contributed by atoms with Gasteiger partial charge in [-0.15, -0.1) is 0 Å². The number of amides is 1. The average Bonchev–Trinajstić information content (AvgIpc) is 2.74. The van der Waals surface area contributed by atoms with E-state index in [1.165, 1.54) is 5.56 Å². The number of nitrogens with one attached hydrogen (secondary N) is 1. The average molecular weight is 246 g/mol. The minimum atomic E-state index is 0.107. The molecule has 1 heterocycles. The van der Waals surface area contributed by atoms with Gasteiger partial charge in [0, 0.05) is 19.3 Å². The fraction of sp³-hybridized carbons (Fsp3) is 0.533. The Balaban J connectivity index is 2.20. The van der Waals surface area contributed by atoms with Crippen molar-refractivity contribution in [2.45, 2.75) is 20.8 Å². The number of carbonyl (C=O) groups is 1. The lowest BCUT2D eigenvalue weighted by Crippen LogP contribution is -2.36. The maximum atomic E-state index is 12.5.